The van der Waals surface area contributed by atoms with Gasteiger partial charge in [0.25, 0.3) is 0 Å². The highest BCUT2D eigenvalue weighted by Crippen LogP contribution is 2.26. The molecule has 0 heterocycles. The molecule has 0 rings (SSSR count). The van der Waals surface area contributed by atoms with E-state index in [0.717, 1.165) is 0 Å². The summed E-state index contributed by atoms with van der Waals surface area (Å²) < 4.78 is 9.02. The first-order valence-electron chi connectivity index (χ1n) is 5.14. The largest absolute Gasteiger partial charge is 0.468 e. The topological polar surface area (TPSA) is 72.8 Å². The summed E-state index contributed by atoms with van der Waals surface area (Å²) in [7, 11) is 2.39. The molecule has 0 aromatic heterocycles. The van der Waals surface area contributed by atoms with E-state index in [9.17, 15) is 14.7 Å². The molecule has 16 heavy (non-hydrogen) atoms. The molecule has 0 radical (unpaired) electrons. The summed E-state index contributed by atoms with van der Waals surface area (Å²) in [5, 5.41) is 10.0. The van der Waals surface area contributed by atoms with Crippen LogP contribution in [-0.2, 0) is 19.1 Å². The zero-order valence-corrected chi connectivity index (χ0v) is 10.4. The molecule has 0 saturated heterocycles. The molecule has 0 aromatic carbocycles. The van der Waals surface area contributed by atoms with Crippen molar-refractivity contribution in [1.29, 1.82) is 0 Å². The Bertz CT molecular complexity index is 241. The number of ether oxygens (including phenoxy) is 2. The van der Waals surface area contributed by atoms with Crippen molar-refractivity contribution < 1.29 is 24.2 Å². The summed E-state index contributed by atoms with van der Waals surface area (Å²) in [6.07, 6.45) is -0.00991. The van der Waals surface area contributed by atoms with Gasteiger partial charge in [-0.1, -0.05) is 13.8 Å². The molecule has 0 aliphatic heterocycles. The maximum atomic E-state index is 11.4. The predicted molar refractivity (Wildman–Crippen MR) is 57.6 cm³/mol. The lowest BCUT2D eigenvalue weighted by atomic mass is 9.83. The second kappa shape index (κ2) is 5.84. The van der Waals surface area contributed by atoms with Crippen LogP contribution in [0.5, 0.6) is 0 Å². The molecule has 0 saturated carbocycles. The molecule has 5 nitrogen and oxygen atoms in total. The van der Waals surface area contributed by atoms with Crippen LogP contribution in [0.1, 0.15) is 27.2 Å². The van der Waals surface area contributed by atoms with Gasteiger partial charge in [0.2, 0.25) is 0 Å². The van der Waals surface area contributed by atoms with Crippen molar-refractivity contribution in [3.63, 3.8) is 0 Å². The average molecular weight is 232 g/mol. The minimum absolute atomic E-state index is 0.00991. The number of rotatable bonds is 5. The molecule has 0 spiro atoms. The third-order valence-electron chi connectivity index (χ3n) is 2.83. The minimum Gasteiger partial charge on any atom is -0.468 e. The van der Waals surface area contributed by atoms with E-state index in [4.69, 9.17) is 0 Å². The van der Waals surface area contributed by atoms with E-state index in [1.807, 2.05) is 13.8 Å². The van der Waals surface area contributed by atoms with Gasteiger partial charge in [-0.15, -0.1) is 0 Å². The minimum atomic E-state index is -1.12. The summed E-state index contributed by atoms with van der Waals surface area (Å²) in [5.41, 5.74) is -1.12. The zero-order valence-electron chi connectivity index (χ0n) is 10.4. The zero-order chi connectivity index (χ0) is 12.9. The third kappa shape index (κ3) is 3.81. The van der Waals surface area contributed by atoms with Gasteiger partial charge in [0.05, 0.1) is 19.8 Å². The Morgan fingerprint density at radius 1 is 1.19 bits per heavy atom. The highest BCUT2D eigenvalue weighted by molar-refractivity contribution is 5.94. The molecule has 0 amide bonds. The van der Waals surface area contributed by atoms with Gasteiger partial charge in [-0.25, -0.2) is 0 Å². The van der Waals surface area contributed by atoms with Crippen molar-refractivity contribution in [2.75, 3.05) is 14.2 Å². The molecule has 0 aliphatic carbocycles. The van der Waals surface area contributed by atoms with Crippen LogP contribution in [0, 0.1) is 11.8 Å². The number of hydrogen-bond acceptors (Lipinski definition) is 5. The molecule has 0 aromatic rings. The number of hydrogen-bond donors (Lipinski definition) is 1. The van der Waals surface area contributed by atoms with Crippen LogP contribution in [0.15, 0.2) is 0 Å². The molecular weight excluding hydrogens is 212 g/mol. The smallest absolute Gasteiger partial charge is 0.320 e. The van der Waals surface area contributed by atoms with Crippen LogP contribution in [0.2, 0.25) is 0 Å². The fraction of sp³-hybridized carbons (Fsp3) is 0.818. The van der Waals surface area contributed by atoms with Crippen molar-refractivity contribution in [2.24, 2.45) is 11.8 Å². The van der Waals surface area contributed by atoms with E-state index >= 15 is 0 Å². The summed E-state index contributed by atoms with van der Waals surface area (Å²) >= 11 is 0. The van der Waals surface area contributed by atoms with Crippen LogP contribution >= 0.6 is 0 Å². The van der Waals surface area contributed by atoms with E-state index in [1.54, 1.807) is 6.92 Å². The van der Waals surface area contributed by atoms with Crippen LogP contribution in [0.4, 0.5) is 0 Å². The molecule has 0 bridgehead atoms. The first-order chi connectivity index (χ1) is 7.26. The molecule has 0 aliphatic rings. The molecule has 94 valence electrons. The van der Waals surface area contributed by atoms with Crippen LogP contribution in [-0.4, -0.2) is 36.9 Å². The molecule has 1 N–H and O–H groups in total. The second-order valence-corrected chi connectivity index (χ2v) is 4.31. The quantitative estimate of drug-likeness (QED) is 0.559. The van der Waals surface area contributed by atoms with E-state index in [0.29, 0.717) is 0 Å². The van der Waals surface area contributed by atoms with Gasteiger partial charge in [0, 0.05) is 6.42 Å². The van der Waals surface area contributed by atoms with Crippen molar-refractivity contribution in [3.05, 3.63) is 0 Å². The number of carbonyl (C=O) groups is 2. The molecular formula is C11H20O5. The van der Waals surface area contributed by atoms with Gasteiger partial charge >= 0.3 is 11.9 Å². The van der Waals surface area contributed by atoms with Gasteiger partial charge < -0.3 is 14.6 Å². The normalized spacial score (nSPS) is 14.8. The lowest BCUT2D eigenvalue weighted by Crippen LogP contribution is -2.39. The first kappa shape index (κ1) is 14.9. The van der Waals surface area contributed by atoms with Crippen LogP contribution < -0.4 is 0 Å². The Hall–Kier alpha value is -1.10. The Morgan fingerprint density at radius 2 is 1.56 bits per heavy atom. The Kier molecular flexibility index (Phi) is 5.44. The molecule has 0 fully saturated rings. The summed E-state index contributed by atoms with van der Waals surface area (Å²) in [5.74, 6) is -2.53. The first-order valence-corrected chi connectivity index (χ1v) is 5.14. The van der Waals surface area contributed by atoms with Crippen molar-refractivity contribution in [1.82, 2.24) is 0 Å². The maximum Gasteiger partial charge on any atom is 0.320 e. The van der Waals surface area contributed by atoms with Crippen molar-refractivity contribution >= 4 is 11.9 Å². The summed E-state index contributed by atoms with van der Waals surface area (Å²) in [6, 6.07) is 0. The Labute approximate surface area is 95.7 Å². The molecule has 5 heteroatoms. The van der Waals surface area contributed by atoms with Gasteiger partial charge in [0.1, 0.15) is 0 Å². The lowest BCUT2D eigenvalue weighted by Gasteiger charge is -2.29. The second-order valence-electron chi connectivity index (χ2n) is 4.31. The van der Waals surface area contributed by atoms with Gasteiger partial charge in [-0.05, 0) is 12.8 Å². The Balaban J connectivity index is 4.81. The fourth-order valence-electron chi connectivity index (χ4n) is 1.20. The Morgan fingerprint density at radius 3 is 1.81 bits per heavy atom. The lowest BCUT2D eigenvalue weighted by molar-refractivity contribution is -0.162. The predicted octanol–water partition coefficient (Wildman–Crippen LogP) is 0.746. The van der Waals surface area contributed by atoms with Crippen LogP contribution in [0.25, 0.3) is 0 Å². The average Bonchev–Trinajstić information content (AvgIpc) is 2.23. The standard InChI is InChI=1S/C11H20O5/c1-7(2)11(3,14)6-8(9(12)15-4)10(13)16-5/h7-8,14H,6H2,1-5H3. The molecule has 1 atom stereocenters. The van der Waals surface area contributed by atoms with Gasteiger partial charge in [0.15, 0.2) is 5.92 Å². The number of methoxy groups -OCH3 is 2. The van der Waals surface area contributed by atoms with Crippen molar-refractivity contribution in [3.8, 4) is 0 Å². The van der Waals surface area contributed by atoms with E-state index < -0.39 is 23.5 Å². The number of esters is 2. The summed E-state index contributed by atoms with van der Waals surface area (Å²) in [4.78, 5) is 22.8. The summed E-state index contributed by atoms with van der Waals surface area (Å²) in [6.45, 7) is 5.20. The highest BCUT2D eigenvalue weighted by atomic mass is 16.5. The number of aliphatic hydroxyl groups is 1. The highest BCUT2D eigenvalue weighted by Gasteiger charge is 2.37. The van der Waals surface area contributed by atoms with E-state index in [2.05, 4.69) is 9.47 Å². The molecule has 1 unspecified atom stereocenters. The van der Waals surface area contributed by atoms with Crippen LogP contribution in [0.3, 0.4) is 0 Å². The third-order valence-corrected chi connectivity index (χ3v) is 2.83. The van der Waals surface area contributed by atoms with Crippen molar-refractivity contribution in [2.45, 2.75) is 32.8 Å². The monoisotopic (exact) mass is 232 g/mol. The maximum absolute atomic E-state index is 11.4. The van der Waals surface area contributed by atoms with E-state index in [1.165, 1.54) is 14.2 Å². The van der Waals surface area contributed by atoms with Gasteiger partial charge in [-0.3, -0.25) is 9.59 Å². The number of carbonyl (C=O) groups excluding carboxylic acids is 2. The fourth-order valence-corrected chi connectivity index (χ4v) is 1.20. The SMILES string of the molecule is COC(=O)C(CC(C)(O)C(C)C)C(=O)OC. The van der Waals surface area contributed by atoms with Gasteiger partial charge in [-0.2, -0.15) is 0 Å². The van der Waals surface area contributed by atoms with E-state index in [-0.39, 0.29) is 12.3 Å².